The lowest BCUT2D eigenvalue weighted by Crippen LogP contribution is -2.51. The number of anilines is 1. The summed E-state index contributed by atoms with van der Waals surface area (Å²) in [6.07, 6.45) is 4.40. The first-order valence-electron chi connectivity index (χ1n) is 9.66. The molecule has 8 heteroatoms. The standard InChI is InChI=1S/C20H25N7O/c21-19(26-12-14-27(15-13-26)20-23-7-3-8-24-20)22-9-11-25-10-6-16-4-1-2-5-17(16)18(25)28/h1-5,7-8H,6,9-15H2,(H2,21,22). The lowest BCUT2D eigenvalue weighted by atomic mass is 9.99. The van der Waals surface area contributed by atoms with Gasteiger partial charge in [-0.3, -0.25) is 9.79 Å². The number of carbonyl (C=O) groups is 1. The predicted octanol–water partition coefficient (Wildman–Crippen LogP) is 0.612. The van der Waals surface area contributed by atoms with Crippen LogP contribution >= 0.6 is 0 Å². The van der Waals surface area contributed by atoms with Crippen molar-refractivity contribution < 1.29 is 4.79 Å². The van der Waals surface area contributed by atoms with Crippen LogP contribution in [0, 0.1) is 0 Å². The Kier molecular flexibility index (Phi) is 5.36. The fraction of sp³-hybridized carbons (Fsp3) is 0.400. The third-order valence-electron chi connectivity index (χ3n) is 5.27. The molecule has 1 aromatic heterocycles. The number of rotatable bonds is 4. The van der Waals surface area contributed by atoms with E-state index in [0.717, 1.165) is 56.2 Å². The molecule has 2 N–H and O–H groups in total. The Bertz CT molecular complexity index is 847. The average molecular weight is 379 g/mol. The van der Waals surface area contributed by atoms with Crippen molar-refractivity contribution in [2.75, 3.05) is 50.7 Å². The molecule has 8 nitrogen and oxygen atoms in total. The summed E-state index contributed by atoms with van der Waals surface area (Å²) in [5.74, 6) is 1.38. The van der Waals surface area contributed by atoms with E-state index < -0.39 is 0 Å². The third kappa shape index (κ3) is 3.90. The molecule has 1 amide bonds. The molecular formula is C20H25N7O. The van der Waals surface area contributed by atoms with Crippen LogP contribution in [0.5, 0.6) is 0 Å². The summed E-state index contributed by atoms with van der Waals surface area (Å²) in [4.78, 5) is 31.8. The number of aliphatic imine (C=N–C) groups is 1. The first-order chi connectivity index (χ1) is 13.7. The second kappa shape index (κ2) is 8.24. The lowest BCUT2D eigenvalue weighted by Gasteiger charge is -2.35. The van der Waals surface area contributed by atoms with Gasteiger partial charge in [-0.15, -0.1) is 0 Å². The normalized spacial score (nSPS) is 17.6. The molecule has 0 saturated carbocycles. The maximum atomic E-state index is 12.6. The number of guanidine groups is 1. The molecule has 2 aliphatic rings. The Morgan fingerprint density at radius 3 is 2.57 bits per heavy atom. The van der Waals surface area contributed by atoms with Gasteiger partial charge in [0, 0.05) is 57.2 Å². The number of hydrogen-bond acceptors (Lipinski definition) is 5. The number of nitrogens with two attached hydrogens (primary N) is 1. The second-order valence-corrected chi connectivity index (χ2v) is 6.96. The summed E-state index contributed by atoms with van der Waals surface area (Å²) < 4.78 is 0. The van der Waals surface area contributed by atoms with Crippen LogP contribution in [0.3, 0.4) is 0 Å². The van der Waals surface area contributed by atoms with E-state index in [1.54, 1.807) is 12.4 Å². The summed E-state index contributed by atoms with van der Waals surface area (Å²) in [7, 11) is 0. The Hall–Kier alpha value is -3.16. The number of benzene rings is 1. The smallest absolute Gasteiger partial charge is 0.254 e. The van der Waals surface area contributed by atoms with Crippen LogP contribution in [0.25, 0.3) is 0 Å². The summed E-state index contributed by atoms with van der Waals surface area (Å²) in [5.41, 5.74) is 8.12. The van der Waals surface area contributed by atoms with E-state index in [4.69, 9.17) is 5.73 Å². The zero-order valence-corrected chi connectivity index (χ0v) is 15.9. The molecule has 3 heterocycles. The van der Waals surface area contributed by atoms with Gasteiger partial charge in [0.2, 0.25) is 5.95 Å². The van der Waals surface area contributed by atoms with Gasteiger partial charge in [0.25, 0.3) is 5.91 Å². The van der Waals surface area contributed by atoms with Crippen LogP contribution in [0.1, 0.15) is 15.9 Å². The molecule has 28 heavy (non-hydrogen) atoms. The van der Waals surface area contributed by atoms with Gasteiger partial charge in [-0.1, -0.05) is 18.2 Å². The summed E-state index contributed by atoms with van der Waals surface area (Å²) in [6, 6.07) is 9.64. The molecular weight excluding hydrogens is 354 g/mol. The monoisotopic (exact) mass is 379 g/mol. The van der Waals surface area contributed by atoms with E-state index in [9.17, 15) is 4.79 Å². The van der Waals surface area contributed by atoms with Crippen molar-refractivity contribution in [3.63, 3.8) is 0 Å². The van der Waals surface area contributed by atoms with Crippen molar-refractivity contribution in [1.82, 2.24) is 19.8 Å². The van der Waals surface area contributed by atoms with E-state index in [1.807, 2.05) is 35.2 Å². The summed E-state index contributed by atoms with van der Waals surface area (Å²) in [6.45, 7) is 5.02. The first-order valence-corrected chi connectivity index (χ1v) is 9.66. The van der Waals surface area contributed by atoms with E-state index in [0.29, 0.717) is 19.0 Å². The van der Waals surface area contributed by atoms with Crippen LogP contribution < -0.4 is 10.6 Å². The van der Waals surface area contributed by atoms with Crippen molar-refractivity contribution in [2.45, 2.75) is 6.42 Å². The number of amides is 1. The number of carbonyl (C=O) groups excluding carboxylic acids is 1. The molecule has 0 atom stereocenters. The molecule has 0 aliphatic carbocycles. The van der Waals surface area contributed by atoms with Crippen molar-refractivity contribution in [3.05, 3.63) is 53.9 Å². The van der Waals surface area contributed by atoms with Crippen molar-refractivity contribution in [1.29, 1.82) is 0 Å². The maximum absolute atomic E-state index is 12.6. The van der Waals surface area contributed by atoms with Gasteiger partial charge in [0.15, 0.2) is 5.96 Å². The highest BCUT2D eigenvalue weighted by atomic mass is 16.2. The van der Waals surface area contributed by atoms with Crippen LogP contribution in [0.2, 0.25) is 0 Å². The van der Waals surface area contributed by atoms with Crippen molar-refractivity contribution in [2.24, 2.45) is 10.7 Å². The fourth-order valence-corrected chi connectivity index (χ4v) is 3.66. The van der Waals surface area contributed by atoms with Gasteiger partial charge < -0.3 is 20.4 Å². The van der Waals surface area contributed by atoms with Gasteiger partial charge in [0.05, 0.1) is 6.54 Å². The highest BCUT2D eigenvalue weighted by molar-refractivity contribution is 5.96. The first kappa shape index (κ1) is 18.2. The van der Waals surface area contributed by atoms with E-state index in [2.05, 4.69) is 24.8 Å². The minimum atomic E-state index is 0.0899. The molecule has 146 valence electrons. The van der Waals surface area contributed by atoms with Crippen molar-refractivity contribution >= 4 is 17.8 Å². The molecule has 4 rings (SSSR count). The summed E-state index contributed by atoms with van der Waals surface area (Å²) in [5, 5.41) is 0. The minimum Gasteiger partial charge on any atom is -0.370 e. The molecule has 2 aliphatic heterocycles. The van der Waals surface area contributed by atoms with Crippen LogP contribution in [-0.2, 0) is 6.42 Å². The van der Waals surface area contributed by atoms with E-state index in [-0.39, 0.29) is 5.91 Å². The zero-order chi connectivity index (χ0) is 19.3. The Balaban J connectivity index is 1.27. The molecule has 1 saturated heterocycles. The number of nitrogens with zero attached hydrogens (tertiary/aromatic N) is 6. The number of piperazine rings is 1. The number of hydrogen-bond donors (Lipinski definition) is 1. The molecule has 1 aromatic carbocycles. The minimum absolute atomic E-state index is 0.0899. The van der Waals surface area contributed by atoms with Crippen LogP contribution in [0.4, 0.5) is 5.95 Å². The number of aromatic nitrogens is 2. The predicted molar refractivity (Wildman–Crippen MR) is 108 cm³/mol. The quantitative estimate of drug-likeness (QED) is 0.618. The molecule has 1 fully saturated rings. The van der Waals surface area contributed by atoms with E-state index >= 15 is 0 Å². The van der Waals surface area contributed by atoms with Crippen LogP contribution in [-0.4, -0.2) is 77.4 Å². The van der Waals surface area contributed by atoms with Crippen LogP contribution in [0.15, 0.2) is 47.7 Å². The Morgan fingerprint density at radius 1 is 1.04 bits per heavy atom. The SMILES string of the molecule is NC(=NCCN1CCc2ccccc2C1=O)N1CCN(c2ncccn2)CC1. The highest BCUT2D eigenvalue weighted by Gasteiger charge is 2.23. The molecule has 2 aromatic rings. The van der Waals surface area contributed by atoms with Gasteiger partial charge in [-0.05, 0) is 24.1 Å². The van der Waals surface area contributed by atoms with Gasteiger partial charge in [0.1, 0.15) is 0 Å². The largest absolute Gasteiger partial charge is 0.370 e. The zero-order valence-electron chi connectivity index (χ0n) is 15.9. The molecule has 0 spiro atoms. The van der Waals surface area contributed by atoms with Gasteiger partial charge >= 0.3 is 0 Å². The van der Waals surface area contributed by atoms with Gasteiger partial charge in [-0.25, -0.2) is 9.97 Å². The van der Waals surface area contributed by atoms with E-state index in [1.165, 1.54) is 0 Å². The topological polar surface area (TPSA) is 91.0 Å². The van der Waals surface area contributed by atoms with Gasteiger partial charge in [-0.2, -0.15) is 0 Å². The molecule has 0 unspecified atom stereocenters. The Morgan fingerprint density at radius 2 is 1.79 bits per heavy atom. The maximum Gasteiger partial charge on any atom is 0.254 e. The summed E-state index contributed by atoms with van der Waals surface area (Å²) >= 11 is 0. The third-order valence-corrected chi connectivity index (χ3v) is 5.27. The fourth-order valence-electron chi connectivity index (χ4n) is 3.66. The second-order valence-electron chi connectivity index (χ2n) is 6.96. The molecule has 0 radical (unpaired) electrons. The lowest BCUT2D eigenvalue weighted by molar-refractivity contribution is 0.0745. The molecule has 0 bridgehead atoms. The average Bonchev–Trinajstić information content (AvgIpc) is 2.76. The highest BCUT2D eigenvalue weighted by Crippen LogP contribution is 2.18. The number of fused-ring (bicyclic) bond motifs is 1. The Labute approximate surface area is 164 Å². The van der Waals surface area contributed by atoms with Crippen molar-refractivity contribution in [3.8, 4) is 0 Å².